The molecule has 184 valence electrons. The van der Waals surface area contributed by atoms with Crippen LogP contribution in [0, 0.1) is 35.0 Å². The second-order valence-corrected chi connectivity index (χ2v) is 10.8. The molecule has 3 N–H and O–H groups in total. The first-order valence-electron chi connectivity index (χ1n) is 12.9. The molecule has 0 spiro atoms. The van der Waals surface area contributed by atoms with Crippen LogP contribution in [0.25, 0.3) is 0 Å². The van der Waals surface area contributed by atoms with Crippen LogP contribution >= 0.6 is 0 Å². The molecule has 2 rings (SSSR count). The van der Waals surface area contributed by atoms with Gasteiger partial charge in [-0.05, 0) is 93.5 Å². The minimum absolute atomic E-state index is 0.0547. The molecule has 2 fully saturated rings. The fraction of sp³-hybridized carbons (Fsp3) is 1.00. The van der Waals surface area contributed by atoms with Crippen LogP contribution in [0.5, 0.6) is 0 Å². The lowest BCUT2D eigenvalue weighted by Gasteiger charge is -2.47. The van der Waals surface area contributed by atoms with E-state index in [0.717, 1.165) is 38.3 Å². The predicted molar refractivity (Wildman–Crippen MR) is 127 cm³/mol. The Morgan fingerprint density at radius 1 is 0.968 bits per heavy atom. The van der Waals surface area contributed by atoms with Crippen molar-refractivity contribution in [1.82, 2.24) is 5.32 Å². The molecule has 0 bridgehead atoms. The number of rotatable bonds is 13. The maximum atomic E-state index is 9.90. The van der Waals surface area contributed by atoms with Gasteiger partial charge in [-0.1, -0.05) is 27.2 Å². The number of ether oxygens (including phenoxy) is 2. The highest BCUT2D eigenvalue weighted by Crippen LogP contribution is 2.47. The lowest BCUT2D eigenvalue weighted by atomic mass is 9.61. The Labute approximate surface area is 191 Å². The molecule has 2 aliphatic carbocycles. The zero-order chi connectivity index (χ0) is 22.9. The highest BCUT2D eigenvalue weighted by molar-refractivity contribution is 4.93. The maximum Gasteiger partial charge on any atom is 0.0627 e. The predicted octanol–water partition coefficient (Wildman–Crippen LogP) is 4.26. The Balaban J connectivity index is 1.74. The minimum Gasteiger partial charge on any atom is -0.396 e. The van der Waals surface area contributed by atoms with Crippen LogP contribution in [-0.4, -0.2) is 62.9 Å². The van der Waals surface area contributed by atoms with Gasteiger partial charge in [0.2, 0.25) is 0 Å². The van der Waals surface area contributed by atoms with E-state index in [1.54, 1.807) is 7.11 Å². The van der Waals surface area contributed by atoms with E-state index in [1.165, 1.54) is 38.5 Å². The molecular formula is C26H51NO4. The van der Waals surface area contributed by atoms with Crippen LogP contribution in [0.1, 0.15) is 78.6 Å². The van der Waals surface area contributed by atoms with E-state index in [4.69, 9.17) is 9.47 Å². The van der Waals surface area contributed by atoms with Gasteiger partial charge >= 0.3 is 0 Å². The van der Waals surface area contributed by atoms with Gasteiger partial charge in [-0.25, -0.2) is 0 Å². The van der Waals surface area contributed by atoms with Gasteiger partial charge in [0, 0.05) is 33.4 Å². The number of aliphatic hydroxyl groups is 2. The highest BCUT2D eigenvalue weighted by atomic mass is 16.5. The number of methoxy groups -OCH3 is 2. The summed E-state index contributed by atoms with van der Waals surface area (Å²) in [6, 6.07) is 0. The molecule has 5 nitrogen and oxygen atoms in total. The van der Waals surface area contributed by atoms with Crippen molar-refractivity contribution in [2.75, 3.05) is 40.5 Å². The van der Waals surface area contributed by atoms with Gasteiger partial charge in [-0.15, -0.1) is 0 Å². The molecule has 5 heteroatoms. The van der Waals surface area contributed by atoms with Crippen molar-refractivity contribution in [3.05, 3.63) is 0 Å². The second-order valence-electron chi connectivity index (χ2n) is 10.8. The number of hydrogen-bond acceptors (Lipinski definition) is 5. The van der Waals surface area contributed by atoms with Gasteiger partial charge in [0.1, 0.15) is 0 Å². The third-order valence-corrected chi connectivity index (χ3v) is 9.09. The maximum absolute atomic E-state index is 9.90. The smallest absolute Gasteiger partial charge is 0.0627 e. The van der Waals surface area contributed by atoms with Crippen molar-refractivity contribution in [3.63, 3.8) is 0 Å². The summed E-state index contributed by atoms with van der Waals surface area (Å²) in [6.45, 7) is 9.49. The molecule has 31 heavy (non-hydrogen) atoms. The Morgan fingerprint density at radius 3 is 2.32 bits per heavy atom. The van der Waals surface area contributed by atoms with E-state index in [1.807, 2.05) is 7.11 Å². The average molecular weight is 442 g/mol. The number of nitrogens with one attached hydrogen (secondary N) is 1. The zero-order valence-electron chi connectivity index (χ0n) is 20.9. The van der Waals surface area contributed by atoms with Gasteiger partial charge in [0.25, 0.3) is 0 Å². The van der Waals surface area contributed by atoms with Crippen molar-refractivity contribution < 1.29 is 19.7 Å². The summed E-state index contributed by atoms with van der Waals surface area (Å²) in [5, 5.41) is 23.4. The summed E-state index contributed by atoms with van der Waals surface area (Å²) in [4.78, 5) is 0. The van der Waals surface area contributed by atoms with E-state index in [0.29, 0.717) is 17.9 Å². The van der Waals surface area contributed by atoms with Gasteiger partial charge in [0.05, 0.1) is 12.2 Å². The molecule has 2 saturated carbocycles. The van der Waals surface area contributed by atoms with Crippen LogP contribution in [-0.2, 0) is 9.47 Å². The van der Waals surface area contributed by atoms with Gasteiger partial charge in [-0.3, -0.25) is 0 Å². The summed E-state index contributed by atoms with van der Waals surface area (Å²) < 4.78 is 11.4. The van der Waals surface area contributed by atoms with E-state index >= 15 is 0 Å². The van der Waals surface area contributed by atoms with Crippen molar-refractivity contribution in [1.29, 1.82) is 0 Å². The summed E-state index contributed by atoms with van der Waals surface area (Å²) in [5.74, 6) is 2.26. The molecule has 0 aromatic carbocycles. The minimum atomic E-state index is 0.0547. The third kappa shape index (κ3) is 7.40. The van der Waals surface area contributed by atoms with Crippen LogP contribution in [0.2, 0.25) is 0 Å². The molecule has 0 aliphatic heterocycles. The van der Waals surface area contributed by atoms with E-state index in [2.05, 4.69) is 26.1 Å². The van der Waals surface area contributed by atoms with E-state index in [9.17, 15) is 10.2 Å². The molecular weight excluding hydrogens is 390 g/mol. The largest absolute Gasteiger partial charge is 0.396 e. The summed E-state index contributed by atoms with van der Waals surface area (Å²) >= 11 is 0. The summed E-state index contributed by atoms with van der Waals surface area (Å²) in [6.07, 6.45) is 11.2. The van der Waals surface area contributed by atoms with Crippen LogP contribution in [0.3, 0.4) is 0 Å². The summed E-state index contributed by atoms with van der Waals surface area (Å²) in [5.41, 5.74) is 0.261. The highest BCUT2D eigenvalue weighted by Gasteiger charge is 2.43. The fourth-order valence-electron chi connectivity index (χ4n) is 6.38. The molecule has 0 amide bonds. The molecule has 0 aromatic heterocycles. The van der Waals surface area contributed by atoms with E-state index in [-0.39, 0.29) is 36.6 Å². The van der Waals surface area contributed by atoms with Gasteiger partial charge < -0.3 is 25.0 Å². The normalized spacial score (nSPS) is 36.3. The van der Waals surface area contributed by atoms with Crippen LogP contribution in [0.4, 0.5) is 0 Å². The SMILES string of the molecule is CCC(C)(CCCNCCC1CCC(C)C(OC)C1)C1CC(CO)C(CO)C(OC)C1. The first-order valence-corrected chi connectivity index (χ1v) is 12.9. The van der Waals surface area contributed by atoms with Crippen LogP contribution in [0.15, 0.2) is 0 Å². The van der Waals surface area contributed by atoms with Crippen molar-refractivity contribution in [2.45, 2.75) is 90.8 Å². The Hall–Kier alpha value is -0.200. The molecule has 0 radical (unpaired) electrons. The number of hydrogen-bond donors (Lipinski definition) is 3. The Kier molecular flexibility index (Phi) is 11.8. The van der Waals surface area contributed by atoms with Crippen molar-refractivity contribution in [3.8, 4) is 0 Å². The molecule has 0 heterocycles. The molecule has 8 unspecified atom stereocenters. The standard InChI is InChI=1S/C26H51NO4/c1-6-26(3,22-15-21(17-28)23(18-29)25(16-22)31-5)11-7-12-27-13-10-20-9-8-19(2)24(14-20)30-4/h19-25,27-29H,6-18H2,1-5H3. The van der Waals surface area contributed by atoms with Gasteiger partial charge in [-0.2, -0.15) is 0 Å². The molecule has 8 atom stereocenters. The van der Waals surface area contributed by atoms with Gasteiger partial charge in [0.15, 0.2) is 0 Å². The topological polar surface area (TPSA) is 71.0 Å². The van der Waals surface area contributed by atoms with Crippen LogP contribution < -0.4 is 5.32 Å². The molecule has 0 aromatic rings. The van der Waals surface area contributed by atoms with Crippen molar-refractivity contribution in [2.24, 2.45) is 35.0 Å². The summed E-state index contributed by atoms with van der Waals surface area (Å²) in [7, 11) is 3.61. The molecule has 2 aliphatic rings. The Bertz CT molecular complexity index is 476. The first-order chi connectivity index (χ1) is 14.9. The zero-order valence-corrected chi connectivity index (χ0v) is 20.9. The third-order valence-electron chi connectivity index (χ3n) is 9.09. The first kappa shape index (κ1) is 27.0. The Morgan fingerprint density at radius 2 is 1.71 bits per heavy atom. The quantitative estimate of drug-likeness (QED) is 0.373. The lowest BCUT2D eigenvalue weighted by molar-refractivity contribution is -0.0830. The average Bonchev–Trinajstić information content (AvgIpc) is 2.80. The second kappa shape index (κ2) is 13.5. The van der Waals surface area contributed by atoms with Crippen molar-refractivity contribution >= 4 is 0 Å². The monoisotopic (exact) mass is 441 g/mol. The molecule has 0 saturated heterocycles. The van der Waals surface area contributed by atoms with E-state index < -0.39 is 0 Å². The fourth-order valence-corrected chi connectivity index (χ4v) is 6.38. The number of aliphatic hydroxyl groups excluding tert-OH is 2. The lowest BCUT2D eigenvalue weighted by Crippen LogP contribution is -2.45.